The number of nitrogens with zero attached hydrogens (tertiary/aromatic N) is 4. The molecule has 0 radical (unpaired) electrons. The van der Waals surface area contributed by atoms with Crippen LogP contribution in [0.1, 0.15) is 0 Å². The van der Waals surface area contributed by atoms with E-state index < -0.39 is 53.8 Å². The molecule has 0 spiro atoms. The number of hydrogen-bond acceptors (Lipinski definition) is 15. The first kappa shape index (κ1) is 30.8. The van der Waals surface area contributed by atoms with Crippen LogP contribution < -0.4 is 14.8 Å². The smallest absolute Gasteiger partial charge is 0.306 e. The van der Waals surface area contributed by atoms with E-state index in [4.69, 9.17) is 28.4 Å². The fourth-order valence-electron chi connectivity index (χ4n) is 3.46. The highest BCUT2D eigenvalue weighted by Crippen LogP contribution is 2.44. The van der Waals surface area contributed by atoms with Crippen LogP contribution in [0.2, 0.25) is 0 Å². The fraction of sp³-hybridized carbons (Fsp3) is 0.455. The first-order valence-electron chi connectivity index (χ1n) is 12.0. The van der Waals surface area contributed by atoms with Crippen LogP contribution in [-0.2, 0) is 18.9 Å². The normalized spacial score (nSPS) is 15.6. The van der Waals surface area contributed by atoms with Crippen LogP contribution in [0.5, 0.6) is 11.5 Å². The molecular weight excluding hydrogens is 558 g/mol. The van der Waals surface area contributed by atoms with Crippen molar-refractivity contribution in [2.75, 3.05) is 71.4 Å². The topological polar surface area (TPSA) is 240 Å². The van der Waals surface area contributed by atoms with Gasteiger partial charge in [0, 0.05) is 6.07 Å². The van der Waals surface area contributed by atoms with Crippen molar-refractivity contribution in [1.29, 1.82) is 0 Å². The van der Waals surface area contributed by atoms with Crippen LogP contribution in [0.15, 0.2) is 24.3 Å². The highest BCUT2D eigenvalue weighted by atomic mass is 16.6. The number of hydrogen-bond donors (Lipinski definition) is 1. The van der Waals surface area contributed by atoms with Crippen molar-refractivity contribution in [2.45, 2.75) is 0 Å². The Bertz CT molecular complexity index is 1240. The van der Waals surface area contributed by atoms with Crippen LogP contribution in [0, 0.1) is 40.5 Å². The molecule has 1 aliphatic heterocycles. The van der Waals surface area contributed by atoms with Gasteiger partial charge in [-0.15, -0.1) is 0 Å². The molecule has 1 heterocycles. The zero-order valence-electron chi connectivity index (χ0n) is 21.4. The van der Waals surface area contributed by atoms with E-state index in [0.29, 0.717) is 38.6 Å². The van der Waals surface area contributed by atoms with E-state index in [9.17, 15) is 40.5 Å². The van der Waals surface area contributed by atoms with Gasteiger partial charge in [0.05, 0.1) is 90.7 Å². The van der Waals surface area contributed by atoms with Crippen molar-refractivity contribution in [3.8, 4) is 11.5 Å². The summed E-state index contributed by atoms with van der Waals surface area (Å²) in [5.74, 6) is -0.145. The molecule has 0 saturated carbocycles. The van der Waals surface area contributed by atoms with Gasteiger partial charge in [-0.3, -0.25) is 40.5 Å². The molecule has 2 aromatic rings. The minimum absolute atomic E-state index is 0.0425. The number of anilines is 2. The van der Waals surface area contributed by atoms with E-state index in [2.05, 4.69) is 5.32 Å². The quantitative estimate of drug-likeness (QED) is 0.380. The minimum Gasteiger partial charge on any atom is -0.487 e. The lowest BCUT2D eigenvalue weighted by atomic mass is 10.1. The fourth-order valence-corrected chi connectivity index (χ4v) is 3.46. The van der Waals surface area contributed by atoms with Crippen molar-refractivity contribution in [1.82, 2.24) is 0 Å². The number of nitrogens with one attached hydrogen (secondary N) is 1. The lowest BCUT2D eigenvalue weighted by Crippen LogP contribution is -2.16. The maximum absolute atomic E-state index is 11.9. The molecule has 41 heavy (non-hydrogen) atoms. The molecule has 19 heteroatoms. The van der Waals surface area contributed by atoms with Crippen LogP contribution >= 0.6 is 0 Å². The van der Waals surface area contributed by atoms with Crippen molar-refractivity contribution in [2.24, 2.45) is 0 Å². The molecule has 0 aliphatic carbocycles. The average molecular weight is 583 g/mol. The molecule has 0 aromatic heterocycles. The molecular formula is C22H25N5O14. The van der Waals surface area contributed by atoms with Gasteiger partial charge in [-0.25, -0.2) is 0 Å². The predicted octanol–water partition coefficient (Wildman–Crippen LogP) is 2.90. The first-order chi connectivity index (χ1) is 19.7. The third-order valence-electron chi connectivity index (χ3n) is 5.29. The highest BCUT2D eigenvalue weighted by molar-refractivity contribution is 5.84. The van der Waals surface area contributed by atoms with E-state index in [1.54, 1.807) is 0 Å². The Labute approximate surface area is 230 Å². The largest absolute Gasteiger partial charge is 0.487 e. The monoisotopic (exact) mass is 583 g/mol. The highest BCUT2D eigenvalue weighted by Gasteiger charge is 2.33. The Balaban J connectivity index is 1.99. The van der Waals surface area contributed by atoms with Gasteiger partial charge in [0.25, 0.3) is 11.4 Å². The third kappa shape index (κ3) is 8.89. The number of rotatable bonds is 6. The SMILES string of the molecule is O=[N+]([O-])c1cc([N+](=O)[O-])c(Nc2cc3c(cc2[N+](=O)[O-])OCCOCCOCCOCCOCCO3)c([N+](=O)[O-])c1. The molecule has 1 aliphatic rings. The second kappa shape index (κ2) is 15.2. The number of nitro benzene ring substituents is 4. The number of non-ortho nitro benzene ring substituents is 1. The summed E-state index contributed by atoms with van der Waals surface area (Å²) in [4.78, 5) is 42.4. The van der Waals surface area contributed by atoms with Gasteiger partial charge in [-0.2, -0.15) is 0 Å². The summed E-state index contributed by atoms with van der Waals surface area (Å²) in [6.45, 7) is 1.94. The molecule has 19 nitrogen and oxygen atoms in total. The number of ether oxygens (including phenoxy) is 6. The summed E-state index contributed by atoms with van der Waals surface area (Å²) in [6, 6.07) is 3.04. The number of fused-ring (bicyclic) bond motifs is 1. The Morgan fingerprint density at radius 2 is 0.902 bits per heavy atom. The van der Waals surface area contributed by atoms with Crippen molar-refractivity contribution in [3.63, 3.8) is 0 Å². The van der Waals surface area contributed by atoms with E-state index in [-0.39, 0.29) is 51.1 Å². The number of nitro groups is 4. The predicted molar refractivity (Wildman–Crippen MR) is 137 cm³/mol. The maximum atomic E-state index is 11.9. The Morgan fingerprint density at radius 3 is 1.29 bits per heavy atom. The molecule has 0 saturated heterocycles. The van der Waals surface area contributed by atoms with Gasteiger partial charge in [0.1, 0.15) is 18.9 Å². The molecule has 0 atom stereocenters. The standard InChI is InChI=1S/C22H25N5O14/c28-24(29)15-11-18(26(32)33)22(19(12-15)27(34)35)23-16-13-20-21(14-17(16)25(30)31)41-10-8-39-6-4-37-2-1-36-3-5-38-7-9-40-20/h11-14,23H,1-10H2. The van der Waals surface area contributed by atoms with E-state index in [1.807, 2.05) is 0 Å². The minimum atomic E-state index is -1.09. The molecule has 3 rings (SSSR count). The van der Waals surface area contributed by atoms with Gasteiger partial charge in [-0.05, 0) is 0 Å². The lowest BCUT2D eigenvalue weighted by Gasteiger charge is -2.16. The van der Waals surface area contributed by atoms with Gasteiger partial charge < -0.3 is 33.7 Å². The number of benzene rings is 2. The molecule has 0 amide bonds. The zero-order chi connectivity index (χ0) is 29.8. The van der Waals surface area contributed by atoms with Crippen LogP contribution in [0.4, 0.5) is 34.1 Å². The Morgan fingerprint density at radius 1 is 0.512 bits per heavy atom. The Kier molecular flexibility index (Phi) is 11.4. The van der Waals surface area contributed by atoms with Crippen molar-refractivity contribution < 1.29 is 48.1 Å². The second-order valence-corrected chi connectivity index (χ2v) is 7.97. The summed E-state index contributed by atoms with van der Waals surface area (Å²) in [5, 5.41) is 48.8. The average Bonchev–Trinajstić information content (AvgIpc) is 2.92. The van der Waals surface area contributed by atoms with E-state index in [0.717, 1.165) is 12.1 Å². The van der Waals surface area contributed by atoms with Gasteiger partial charge >= 0.3 is 11.4 Å². The van der Waals surface area contributed by atoms with Gasteiger partial charge in [0.15, 0.2) is 17.2 Å². The van der Waals surface area contributed by atoms with Gasteiger partial charge in [-0.1, -0.05) is 0 Å². The molecule has 222 valence electrons. The lowest BCUT2D eigenvalue weighted by molar-refractivity contribution is -0.401. The van der Waals surface area contributed by atoms with Crippen LogP contribution in [0.25, 0.3) is 0 Å². The summed E-state index contributed by atoms with van der Waals surface area (Å²) in [7, 11) is 0. The van der Waals surface area contributed by atoms with Gasteiger partial charge in [0.2, 0.25) is 0 Å². The molecule has 0 bridgehead atoms. The molecule has 0 unspecified atom stereocenters. The Hall–Kier alpha value is -4.72. The third-order valence-corrected chi connectivity index (χ3v) is 5.29. The molecule has 0 fully saturated rings. The van der Waals surface area contributed by atoms with Crippen LogP contribution in [0.3, 0.4) is 0 Å². The summed E-state index contributed by atoms with van der Waals surface area (Å²) in [5.41, 5.74) is -4.95. The molecule has 2 aromatic carbocycles. The summed E-state index contributed by atoms with van der Waals surface area (Å²) < 4.78 is 32.8. The zero-order valence-corrected chi connectivity index (χ0v) is 21.4. The van der Waals surface area contributed by atoms with Crippen molar-refractivity contribution in [3.05, 3.63) is 64.7 Å². The first-order valence-corrected chi connectivity index (χ1v) is 12.0. The second-order valence-electron chi connectivity index (χ2n) is 7.97. The summed E-state index contributed by atoms with van der Waals surface area (Å²) >= 11 is 0. The maximum Gasteiger partial charge on any atom is 0.306 e. The molecule has 1 N–H and O–H groups in total. The van der Waals surface area contributed by atoms with E-state index >= 15 is 0 Å². The van der Waals surface area contributed by atoms with Crippen molar-refractivity contribution >= 4 is 34.1 Å². The summed E-state index contributed by atoms with van der Waals surface area (Å²) in [6.07, 6.45) is 0. The van der Waals surface area contributed by atoms with Crippen LogP contribution in [-0.4, -0.2) is 85.8 Å². The van der Waals surface area contributed by atoms with E-state index in [1.165, 1.54) is 0 Å².